The van der Waals surface area contributed by atoms with Gasteiger partial charge in [-0.3, -0.25) is 0 Å². The third-order valence-electron chi connectivity index (χ3n) is 1.50. The van der Waals surface area contributed by atoms with Crippen LogP contribution in [-0.2, 0) is 6.42 Å². The van der Waals surface area contributed by atoms with E-state index in [4.69, 9.17) is 0 Å². The maximum Gasteiger partial charge on any atom is 0.0712 e. The number of rotatable bonds is 4. The van der Waals surface area contributed by atoms with Crippen LogP contribution in [-0.4, -0.2) is 24.8 Å². The second-order valence-electron chi connectivity index (χ2n) is 2.65. The van der Waals surface area contributed by atoms with Crippen LogP contribution in [0.15, 0.2) is 15.9 Å². The van der Waals surface area contributed by atoms with Gasteiger partial charge in [0, 0.05) is 27.7 Å². The molecule has 1 unspecified atom stereocenters. The zero-order chi connectivity index (χ0) is 8.97. The molecule has 0 bridgehead atoms. The van der Waals surface area contributed by atoms with Crippen molar-refractivity contribution in [2.24, 2.45) is 0 Å². The van der Waals surface area contributed by atoms with E-state index in [1.165, 1.54) is 4.88 Å². The van der Waals surface area contributed by atoms with Gasteiger partial charge in [0.2, 0.25) is 0 Å². The number of nitrogens with one attached hydrogen (secondary N) is 1. The molecular weight excluding hydrogens is 238 g/mol. The van der Waals surface area contributed by atoms with Crippen molar-refractivity contribution in [3.05, 3.63) is 20.8 Å². The quantitative estimate of drug-likeness (QED) is 0.851. The molecule has 0 fully saturated rings. The summed E-state index contributed by atoms with van der Waals surface area (Å²) in [5.74, 6) is 0. The van der Waals surface area contributed by atoms with E-state index in [9.17, 15) is 5.11 Å². The molecule has 2 nitrogen and oxygen atoms in total. The Morgan fingerprint density at radius 1 is 1.75 bits per heavy atom. The summed E-state index contributed by atoms with van der Waals surface area (Å²) in [6, 6.07) is 2.05. The molecule has 1 aromatic heterocycles. The Morgan fingerprint density at radius 3 is 3.00 bits per heavy atom. The van der Waals surface area contributed by atoms with E-state index in [-0.39, 0.29) is 6.10 Å². The van der Waals surface area contributed by atoms with E-state index < -0.39 is 0 Å². The molecule has 1 aromatic rings. The summed E-state index contributed by atoms with van der Waals surface area (Å²) in [6.45, 7) is 0.648. The first kappa shape index (κ1) is 10.2. The van der Waals surface area contributed by atoms with Crippen LogP contribution in [0.4, 0.5) is 0 Å². The first-order chi connectivity index (χ1) is 5.72. The monoisotopic (exact) mass is 249 g/mol. The van der Waals surface area contributed by atoms with Gasteiger partial charge >= 0.3 is 0 Å². The summed E-state index contributed by atoms with van der Waals surface area (Å²) in [6.07, 6.45) is 0.456. The highest BCUT2D eigenvalue weighted by molar-refractivity contribution is 9.10. The van der Waals surface area contributed by atoms with Crippen LogP contribution < -0.4 is 5.32 Å². The molecule has 4 heteroatoms. The Bertz CT molecular complexity index is 239. The van der Waals surface area contributed by atoms with E-state index in [0.29, 0.717) is 6.54 Å². The summed E-state index contributed by atoms with van der Waals surface area (Å²) in [5.41, 5.74) is 0. The molecule has 68 valence electrons. The Hall–Kier alpha value is 0.1000. The molecule has 0 amide bonds. The molecule has 0 saturated carbocycles. The third-order valence-corrected chi connectivity index (χ3v) is 3.22. The van der Waals surface area contributed by atoms with E-state index in [1.54, 1.807) is 11.3 Å². The number of halogens is 1. The molecule has 1 rings (SSSR count). The van der Waals surface area contributed by atoms with Crippen molar-refractivity contribution in [1.82, 2.24) is 5.32 Å². The standard InChI is InChI=1S/C8H12BrNOS/c1-10-4-7(11)3-8-2-6(9)5-12-8/h2,5,7,10-11H,3-4H2,1H3. The van der Waals surface area contributed by atoms with Gasteiger partial charge in [0.05, 0.1) is 6.10 Å². The van der Waals surface area contributed by atoms with Crippen molar-refractivity contribution in [3.8, 4) is 0 Å². The average Bonchev–Trinajstić information content (AvgIpc) is 2.36. The molecule has 0 saturated heterocycles. The molecule has 0 aliphatic heterocycles. The second kappa shape index (κ2) is 4.97. The molecule has 0 aliphatic rings. The smallest absolute Gasteiger partial charge is 0.0712 e. The minimum Gasteiger partial charge on any atom is -0.391 e. The number of likely N-dealkylation sites (N-methyl/N-ethyl adjacent to an activating group) is 1. The molecule has 0 aromatic carbocycles. The predicted molar refractivity (Wildman–Crippen MR) is 55.7 cm³/mol. The van der Waals surface area contributed by atoms with Crippen molar-refractivity contribution in [3.63, 3.8) is 0 Å². The lowest BCUT2D eigenvalue weighted by Crippen LogP contribution is -2.24. The van der Waals surface area contributed by atoms with Crippen LogP contribution in [0.5, 0.6) is 0 Å². The molecule has 0 spiro atoms. The zero-order valence-corrected chi connectivity index (χ0v) is 9.28. The number of aliphatic hydroxyl groups excluding tert-OH is 1. The summed E-state index contributed by atoms with van der Waals surface area (Å²) in [4.78, 5) is 1.21. The fraction of sp³-hybridized carbons (Fsp3) is 0.500. The van der Waals surface area contributed by atoms with Gasteiger partial charge < -0.3 is 10.4 Å². The second-order valence-corrected chi connectivity index (χ2v) is 4.56. The maximum absolute atomic E-state index is 9.44. The Morgan fingerprint density at radius 2 is 2.50 bits per heavy atom. The summed E-state index contributed by atoms with van der Waals surface area (Å²) in [7, 11) is 1.84. The third kappa shape index (κ3) is 3.23. The molecule has 0 radical (unpaired) electrons. The topological polar surface area (TPSA) is 32.3 Å². The molecule has 1 heterocycles. The molecule has 2 N–H and O–H groups in total. The van der Waals surface area contributed by atoms with E-state index in [0.717, 1.165) is 10.9 Å². The van der Waals surface area contributed by atoms with Gasteiger partial charge in [-0.1, -0.05) is 0 Å². The SMILES string of the molecule is CNCC(O)Cc1cc(Br)cs1. The molecule has 12 heavy (non-hydrogen) atoms. The van der Waals surface area contributed by atoms with Crippen molar-refractivity contribution >= 4 is 27.3 Å². The predicted octanol–water partition coefficient (Wildman–Crippen LogP) is 1.63. The number of hydrogen-bond acceptors (Lipinski definition) is 3. The number of aliphatic hydroxyl groups is 1. The fourth-order valence-corrected chi connectivity index (χ4v) is 2.52. The van der Waals surface area contributed by atoms with Crippen molar-refractivity contribution in [2.45, 2.75) is 12.5 Å². The van der Waals surface area contributed by atoms with E-state index in [2.05, 4.69) is 21.2 Å². The van der Waals surface area contributed by atoms with Gasteiger partial charge in [-0.05, 0) is 29.0 Å². The van der Waals surface area contributed by atoms with E-state index >= 15 is 0 Å². The first-order valence-corrected chi connectivity index (χ1v) is 5.45. The Balaban J connectivity index is 2.41. The lowest BCUT2D eigenvalue weighted by molar-refractivity contribution is 0.175. The minimum atomic E-state index is -0.277. The highest BCUT2D eigenvalue weighted by Gasteiger charge is 2.05. The lowest BCUT2D eigenvalue weighted by atomic mass is 10.2. The number of thiophene rings is 1. The highest BCUT2D eigenvalue weighted by atomic mass is 79.9. The van der Waals surface area contributed by atoms with Crippen LogP contribution in [0.25, 0.3) is 0 Å². The van der Waals surface area contributed by atoms with Gasteiger partial charge in [0.1, 0.15) is 0 Å². The molecule has 0 aliphatic carbocycles. The Kier molecular flexibility index (Phi) is 4.21. The Labute approximate surface area is 84.7 Å². The van der Waals surface area contributed by atoms with Crippen LogP contribution in [0.2, 0.25) is 0 Å². The summed E-state index contributed by atoms with van der Waals surface area (Å²) in [5, 5.41) is 14.4. The van der Waals surface area contributed by atoms with Crippen molar-refractivity contribution < 1.29 is 5.11 Å². The largest absolute Gasteiger partial charge is 0.391 e. The van der Waals surface area contributed by atoms with Crippen LogP contribution >= 0.6 is 27.3 Å². The zero-order valence-electron chi connectivity index (χ0n) is 6.88. The van der Waals surface area contributed by atoms with Crippen LogP contribution in [0, 0.1) is 0 Å². The molecular formula is C8H12BrNOS. The molecule has 1 atom stereocenters. The summed E-state index contributed by atoms with van der Waals surface area (Å²) < 4.78 is 1.10. The van der Waals surface area contributed by atoms with Crippen molar-refractivity contribution in [2.75, 3.05) is 13.6 Å². The van der Waals surface area contributed by atoms with Gasteiger partial charge in [0.15, 0.2) is 0 Å². The lowest BCUT2D eigenvalue weighted by Gasteiger charge is -2.06. The van der Waals surface area contributed by atoms with Crippen molar-refractivity contribution in [1.29, 1.82) is 0 Å². The summed E-state index contributed by atoms with van der Waals surface area (Å²) >= 11 is 5.04. The highest BCUT2D eigenvalue weighted by Crippen LogP contribution is 2.20. The van der Waals surface area contributed by atoms with Crippen LogP contribution in [0.3, 0.4) is 0 Å². The minimum absolute atomic E-state index is 0.277. The van der Waals surface area contributed by atoms with Gasteiger partial charge in [0.25, 0.3) is 0 Å². The van der Waals surface area contributed by atoms with Gasteiger partial charge in [-0.25, -0.2) is 0 Å². The fourth-order valence-electron chi connectivity index (χ4n) is 1.00. The number of hydrogen-bond donors (Lipinski definition) is 2. The van der Waals surface area contributed by atoms with Gasteiger partial charge in [-0.15, -0.1) is 11.3 Å². The first-order valence-electron chi connectivity index (χ1n) is 3.78. The van der Waals surface area contributed by atoms with E-state index in [1.807, 2.05) is 18.5 Å². The normalized spacial score (nSPS) is 13.2. The van der Waals surface area contributed by atoms with Gasteiger partial charge in [-0.2, -0.15) is 0 Å². The maximum atomic E-state index is 9.44. The average molecular weight is 250 g/mol. The van der Waals surface area contributed by atoms with Crippen LogP contribution in [0.1, 0.15) is 4.88 Å².